The highest BCUT2D eigenvalue weighted by atomic mass is 14.1. The molecule has 0 saturated heterocycles. The molecule has 0 heterocycles. The lowest BCUT2D eigenvalue weighted by atomic mass is 9.93. The van der Waals surface area contributed by atoms with Gasteiger partial charge in [0.05, 0.1) is 0 Å². The van der Waals surface area contributed by atoms with Crippen LogP contribution in [0.4, 0.5) is 0 Å². The van der Waals surface area contributed by atoms with Gasteiger partial charge in [0, 0.05) is 0 Å². The third-order valence-corrected chi connectivity index (χ3v) is 4.67. The van der Waals surface area contributed by atoms with Crippen LogP contribution in [0.2, 0.25) is 0 Å². The highest BCUT2D eigenvalue weighted by Gasteiger charge is 2.05. The Labute approximate surface area is 175 Å². The summed E-state index contributed by atoms with van der Waals surface area (Å²) in [4.78, 5) is 0. The molecule has 0 bridgehead atoms. The standard InChI is InChI=1S/C14H16.C10H14.2C2H6/c1-10(2)13-9-8-12-6-4-5-7-14(12)11(13)3;1-8(2)10-7-5-4-6-9(10)3;2*1-2/h4-10H,1-3H3;4-8H,1-3H3;2*1-2H3. The number of benzene rings is 3. The van der Waals surface area contributed by atoms with Gasteiger partial charge in [0.1, 0.15) is 0 Å². The Bertz CT molecular complexity index is 794. The van der Waals surface area contributed by atoms with Crippen molar-refractivity contribution in [1.82, 2.24) is 0 Å². The van der Waals surface area contributed by atoms with Gasteiger partial charge in [0.25, 0.3) is 0 Å². The van der Waals surface area contributed by atoms with Crippen molar-refractivity contribution in [3.63, 3.8) is 0 Å². The van der Waals surface area contributed by atoms with E-state index in [0.29, 0.717) is 11.8 Å². The fourth-order valence-electron chi connectivity index (χ4n) is 3.30. The van der Waals surface area contributed by atoms with Gasteiger partial charge in [0.15, 0.2) is 0 Å². The fourth-order valence-corrected chi connectivity index (χ4v) is 3.30. The summed E-state index contributed by atoms with van der Waals surface area (Å²) in [5.41, 5.74) is 5.75. The van der Waals surface area contributed by atoms with Crippen molar-refractivity contribution in [2.75, 3.05) is 0 Å². The van der Waals surface area contributed by atoms with Crippen LogP contribution < -0.4 is 0 Å². The molecule has 0 heteroatoms. The molecule has 0 nitrogen and oxygen atoms in total. The van der Waals surface area contributed by atoms with E-state index < -0.39 is 0 Å². The first-order valence-electron chi connectivity index (χ1n) is 11.0. The van der Waals surface area contributed by atoms with Crippen molar-refractivity contribution in [2.45, 2.75) is 81.1 Å². The molecule has 0 aliphatic rings. The maximum Gasteiger partial charge on any atom is -0.0152 e. The molecule has 0 unspecified atom stereocenters. The molecule has 28 heavy (non-hydrogen) atoms. The molecule has 0 aliphatic carbocycles. The molecule has 3 aromatic carbocycles. The Morgan fingerprint density at radius 3 is 1.54 bits per heavy atom. The average Bonchev–Trinajstić information content (AvgIpc) is 2.72. The van der Waals surface area contributed by atoms with Crippen molar-refractivity contribution in [3.8, 4) is 0 Å². The molecule has 3 rings (SSSR count). The van der Waals surface area contributed by atoms with Crippen LogP contribution in [0.5, 0.6) is 0 Å². The number of aryl methyl sites for hydroxylation is 2. The number of hydrogen-bond donors (Lipinski definition) is 0. The van der Waals surface area contributed by atoms with E-state index in [0.717, 1.165) is 0 Å². The van der Waals surface area contributed by atoms with Gasteiger partial charge in [-0.3, -0.25) is 0 Å². The van der Waals surface area contributed by atoms with Crippen molar-refractivity contribution < 1.29 is 0 Å². The molecular formula is C28H42. The van der Waals surface area contributed by atoms with Crippen LogP contribution >= 0.6 is 0 Å². The minimum atomic E-state index is 0.611. The molecule has 3 aromatic rings. The van der Waals surface area contributed by atoms with E-state index in [1.54, 1.807) is 0 Å². The SMILES string of the molecule is CC.CC.Cc1c(C(C)C)ccc2ccccc12.Cc1ccccc1C(C)C. The Balaban J connectivity index is 0.000000460. The van der Waals surface area contributed by atoms with Crippen molar-refractivity contribution in [1.29, 1.82) is 0 Å². The number of hydrogen-bond acceptors (Lipinski definition) is 0. The average molecular weight is 379 g/mol. The van der Waals surface area contributed by atoms with Gasteiger partial charge in [-0.2, -0.15) is 0 Å². The predicted octanol–water partition coefficient (Wildman–Crippen LogP) is 9.44. The monoisotopic (exact) mass is 378 g/mol. The quantitative estimate of drug-likeness (QED) is 0.416. The molecule has 0 atom stereocenters. The van der Waals surface area contributed by atoms with Crippen LogP contribution in [0.15, 0.2) is 60.7 Å². The molecule has 0 fully saturated rings. The Kier molecular flexibility index (Phi) is 13.0. The van der Waals surface area contributed by atoms with Crippen LogP contribution in [0.3, 0.4) is 0 Å². The lowest BCUT2D eigenvalue weighted by Gasteiger charge is -2.12. The lowest BCUT2D eigenvalue weighted by Crippen LogP contribution is -1.92. The first kappa shape index (κ1) is 25.9. The summed E-state index contributed by atoms with van der Waals surface area (Å²) >= 11 is 0. The van der Waals surface area contributed by atoms with E-state index in [4.69, 9.17) is 0 Å². The van der Waals surface area contributed by atoms with Crippen LogP contribution in [-0.2, 0) is 0 Å². The van der Waals surface area contributed by atoms with Gasteiger partial charge in [0.2, 0.25) is 0 Å². The normalized spacial score (nSPS) is 9.71. The molecule has 0 amide bonds. The Morgan fingerprint density at radius 2 is 1.04 bits per heavy atom. The molecule has 0 aromatic heterocycles. The molecule has 154 valence electrons. The third kappa shape index (κ3) is 7.50. The highest BCUT2D eigenvalue weighted by molar-refractivity contribution is 5.86. The second-order valence-electron chi connectivity index (χ2n) is 7.17. The number of rotatable bonds is 2. The van der Waals surface area contributed by atoms with Crippen molar-refractivity contribution >= 4 is 10.8 Å². The zero-order valence-corrected chi connectivity index (χ0v) is 19.9. The smallest absolute Gasteiger partial charge is 0.0152 e. The van der Waals surface area contributed by atoms with E-state index in [1.807, 2.05) is 27.7 Å². The van der Waals surface area contributed by atoms with Crippen LogP contribution in [0.1, 0.15) is 89.5 Å². The van der Waals surface area contributed by atoms with Crippen LogP contribution in [0, 0.1) is 13.8 Å². The minimum Gasteiger partial charge on any atom is -0.0683 e. The summed E-state index contributed by atoms with van der Waals surface area (Å²) in [6.07, 6.45) is 0. The van der Waals surface area contributed by atoms with E-state index in [2.05, 4.69) is 102 Å². The first-order valence-corrected chi connectivity index (χ1v) is 11.0. The first-order chi connectivity index (χ1) is 13.4. The summed E-state index contributed by atoms with van der Waals surface area (Å²) < 4.78 is 0. The number of fused-ring (bicyclic) bond motifs is 1. The largest absolute Gasteiger partial charge is 0.0683 e. The topological polar surface area (TPSA) is 0 Å². The van der Waals surface area contributed by atoms with Gasteiger partial charge in [-0.15, -0.1) is 0 Å². The Morgan fingerprint density at radius 1 is 0.536 bits per heavy atom. The van der Waals surface area contributed by atoms with Gasteiger partial charge in [-0.05, 0) is 58.7 Å². The summed E-state index contributed by atoms with van der Waals surface area (Å²) in [5.74, 6) is 1.26. The maximum atomic E-state index is 2.25. The van der Waals surface area contributed by atoms with Crippen LogP contribution in [0.25, 0.3) is 10.8 Å². The molecule has 0 radical (unpaired) electrons. The second-order valence-corrected chi connectivity index (χ2v) is 7.17. The van der Waals surface area contributed by atoms with Gasteiger partial charge >= 0.3 is 0 Å². The predicted molar refractivity (Wildman–Crippen MR) is 131 cm³/mol. The zero-order valence-electron chi connectivity index (χ0n) is 19.9. The molecular weight excluding hydrogens is 336 g/mol. The van der Waals surface area contributed by atoms with Gasteiger partial charge in [-0.1, -0.05) is 116 Å². The summed E-state index contributed by atoms with van der Waals surface area (Å²) in [5, 5.41) is 2.73. The lowest BCUT2D eigenvalue weighted by molar-refractivity contribution is 0.856. The van der Waals surface area contributed by atoms with Crippen LogP contribution in [-0.4, -0.2) is 0 Å². The summed E-state index contributed by atoms with van der Waals surface area (Å²) in [6, 6.07) is 21.6. The molecule has 0 saturated carbocycles. The minimum absolute atomic E-state index is 0.611. The fraction of sp³-hybridized carbons (Fsp3) is 0.429. The summed E-state index contributed by atoms with van der Waals surface area (Å²) in [7, 11) is 0. The Hall–Kier alpha value is -2.08. The summed E-state index contributed by atoms with van der Waals surface area (Å²) in [6.45, 7) is 21.3. The van der Waals surface area contributed by atoms with Crippen molar-refractivity contribution in [3.05, 3.63) is 82.9 Å². The second kappa shape index (κ2) is 14.0. The van der Waals surface area contributed by atoms with E-state index in [9.17, 15) is 0 Å². The molecule has 0 aliphatic heterocycles. The maximum absolute atomic E-state index is 2.25. The van der Waals surface area contributed by atoms with E-state index >= 15 is 0 Å². The third-order valence-electron chi connectivity index (χ3n) is 4.67. The van der Waals surface area contributed by atoms with E-state index in [-0.39, 0.29) is 0 Å². The highest BCUT2D eigenvalue weighted by Crippen LogP contribution is 2.26. The zero-order chi connectivity index (χ0) is 21.7. The van der Waals surface area contributed by atoms with Crippen molar-refractivity contribution in [2.24, 2.45) is 0 Å². The van der Waals surface area contributed by atoms with Gasteiger partial charge < -0.3 is 0 Å². The van der Waals surface area contributed by atoms with Gasteiger partial charge in [-0.25, -0.2) is 0 Å². The molecule has 0 N–H and O–H groups in total. The molecule has 0 spiro atoms. The van der Waals surface area contributed by atoms with E-state index in [1.165, 1.54) is 33.0 Å².